The molecule has 0 nitrogen and oxygen atoms in total. The van der Waals surface area contributed by atoms with Crippen molar-refractivity contribution in [2.45, 2.75) is 0 Å². The van der Waals surface area contributed by atoms with Crippen LogP contribution in [-0.2, 0) is 0 Å². The lowest BCUT2D eigenvalue weighted by Gasteiger charge is -2.10. The smallest absolute Gasteiger partial charge is 0.0406 e. The molecule has 0 aliphatic rings. The molecule has 6 aromatic carbocycles. The lowest BCUT2D eigenvalue weighted by molar-refractivity contribution is 1.60. The van der Waals surface area contributed by atoms with E-state index in [0.717, 1.165) is 60.5 Å². The first-order valence-electron chi connectivity index (χ1n) is 13.3. The summed E-state index contributed by atoms with van der Waals surface area (Å²) in [5.74, 6) is 13.8. The van der Waals surface area contributed by atoms with E-state index in [1.807, 2.05) is 36.4 Å². The van der Waals surface area contributed by atoms with Crippen LogP contribution in [-0.4, -0.2) is 0 Å². The maximum absolute atomic E-state index is 3.81. The van der Waals surface area contributed by atoms with Crippen molar-refractivity contribution in [1.29, 1.82) is 0 Å². The van der Waals surface area contributed by atoms with Gasteiger partial charge in [0, 0.05) is 22.3 Å². The molecule has 40 heavy (non-hydrogen) atoms. The Labute approximate surface area is 236 Å². The van der Waals surface area contributed by atoms with Gasteiger partial charge in [0.1, 0.15) is 0 Å². The van der Waals surface area contributed by atoms with Crippen molar-refractivity contribution >= 4 is 39.8 Å². The summed E-state index contributed by atoms with van der Waals surface area (Å²) in [4.78, 5) is 0. The zero-order valence-electron chi connectivity index (χ0n) is 22.1. The molecule has 0 fully saturated rings. The van der Waals surface area contributed by atoms with E-state index in [1.54, 1.807) is 0 Å². The van der Waals surface area contributed by atoms with Gasteiger partial charge in [0.05, 0.1) is 0 Å². The Balaban J connectivity index is 1.36. The first kappa shape index (κ1) is 24.8. The lowest BCUT2D eigenvalue weighted by atomic mass is 9.92. The first-order chi connectivity index (χ1) is 19.8. The monoisotopic (exact) mass is 506 g/mol. The summed E-state index contributed by atoms with van der Waals surface area (Å²) in [6, 6.07) is 43.7. The second-order valence-electron chi connectivity index (χ2n) is 9.53. The van der Waals surface area contributed by atoms with Gasteiger partial charge in [-0.1, -0.05) is 152 Å². The van der Waals surface area contributed by atoms with Gasteiger partial charge in [-0.05, 0) is 62.5 Å². The molecule has 6 aromatic rings. The highest BCUT2D eigenvalue weighted by Gasteiger charge is 2.11. The van der Waals surface area contributed by atoms with Crippen LogP contribution in [0, 0.1) is 23.7 Å². The summed E-state index contributed by atoms with van der Waals surface area (Å²) in [7, 11) is 0. The van der Waals surface area contributed by atoms with Crippen LogP contribution < -0.4 is 0 Å². The normalized spacial score (nSPS) is 10.6. The summed E-state index contributed by atoms with van der Waals surface area (Å²) in [5, 5.41) is 4.48. The van der Waals surface area contributed by atoms with Crippen LogP contribution in [0.1, 0.15) is 38.9 Å². The Morgan fingerprint density at radius 1 is 0.375 bits per heavy atom. The third-order valence-electron chi connectivity index (χ3n) is 6.92. The van der Waals surface area contributed by atoms with Crippen molar-refractivity contribution < 1.29 is 0 Å². The fourth-order valence-electron chi connectivity index (χ4n) is 4.80. The van der Waals surface area contributed by atoms with Crippen LogP contribution in [0.5, 0.6) is 0 Å². The summed E-state index contributed by atoms with van der Waals surface area (Å²) in [6.45, 7) is 3.81. The fourth-order valence-corrected chi connectivity index (χ4v) is 4.80. The van der Waals surface area contributed by atoms with E-state index in [2.05, 4.69) is 139 Å². The van der Waals surface area contributed by atoms with Gasteiger partial charge in [-0.2, -0.15) is 0 Å². The van der Waals surface area contributed by atoms with Gasteiger partial charge in [0.25, 0.3) is 0 Å². The Kier molecular flexibility index (Phi) is 7.09. The third kappa shape index (κ3) is 5.35. The van der Waals surface area contributed by atoms with E-state index in [9.17, 15) is 0 Å². The van der Waals surface area contributed by atoms with Gasteiger partial charge in [-0.15, -0.1) is 0 Å². The van der Waals surface area contributed by atoms with Gasteiger partial charge in [-0.3, -0.25) is 0 Å². The Hall–Kier alpha value is -5.56. The topological polar surface area (TPSA) is 0 Å². The van der Waals surface area contributed by atoms with E-state index in [-0.39, 0.29) is 0 Å². The van der Waals surface area contributed by atoms with E-state index in [4.69, 9.17) is 0 Å². The highest BCUT2D eigenvalue weighted by molar-refractivity contribution is 6.09. The molecule has 0 spiro atoms. The van der Waals surface area contributed by atoms with Crippen molar-refractivity contribution in [3.8, 4) is 23.7 Å². The predicted octanol–water partition coefficient (Wildman–Crippen LogP) is 9.61. The fraction of sp³-hybridized carbons (Fsp3) is 0. The van der Waals surface area contributed by atoms with Crippen molar-refractivity contribution in [3.63, 3.8) is 0 Å². The summed E-state index contributed by atoms with van der Waals surface area (Å²) in [5.41, 5.74) is 7.47. The molecule has 0 radical (unpaired) electrons. The summed E-state index contributed by atoms with van der Waals surface area (Å²) < 4.78 is 0. The molecule has 0 N–H and O–H groups in total. The number of hydrogen-bond donors (Lipinski definition) is 0. The average molecular weight is 507 g/mol. The molecule has 0 aromatic heterocycles. The Morgan fingerprint density at radius 3 is 1.20 bits per heavy atom. The SMILES string of the molecule is C=Cc1ccc(/C=C/c2ccc(C#Cc3c4ccccc4c(C#Cc4ccccc4)c4ccccc34)cc2)cc1. The van der Waals surface area contributed by atoms with Crippen molar-refractivity contribution in [2.24, 2.45) is 0 Å². The van der Waals surface area contributed by atoms with E-state index >= 15 is 0 Å². The first-order valence-corrected chi connectivity index (χ1v) is 13.3. The average Bonchev–Trinajstić information content (AvgIpc) is 3.03. The molecule has 0 saturated heterocycles. The molecule has 6 rings (SSSR count). The molecule has 0 heteroatoms. The second-order valence-corrected chi connectivity index (χ2v) is 9.53. The number of benzene rings is 6. The van der Waals surface area contributed by atoms with Crippen LogP contribution in [0.3, 0.4) is 0 Å². The van der Waals surface area contributed by atoms with Gasteiger partial charge < -0.3 is 0 Å². The van der Waals surface area contributed by atoms with Gasteiger partial charge in [-0.25, -0.2) is 0 Å². The third-order valence-corrected chi connectivity index (χ3v) is 6.92. The second kappa shape index (κ2) is 11.4. The van der Waals surface area contributed by atoms with E-state index in [0.29, 0.717) is 0 Å². The van der Waals surface area contributed by atoms with Crippen LogP contribution in [0.4, 0.5) is 0 Å². The minimum Gasteiger partial charge on any atom is -0.0985 e. The highest BCUT2D eigenvalue weighted by atomic mass is 14.1. The number of fused-ring (bicyclic) bond motifs is 2. The lowest BCUT2D eigenvalue weighted by Crippen LogP contribution is -1.90. The van der Waals surface area contributed by atoms with E-state index in [1.165, 1.54) is 0 Å². The molecule has 186 valence electrons. The molecule has 0 amide bonds. The standard InChI is InChI=1S/C40H26/c1-2-30-16-18-32(19-17-30)20-21-33-22-24-34(25-23-33)27-29-40-37-14-8-6-12-35(37)39(36-13-7-9-15-38(36)40)28-26-31-10-4-3-5-11-31/h2-25H,1H2/b21-20+. The molecule has 0 aliphatic carbocycles. The zero-order valence-corrected chi connectivity index (χ0v) is 22.1. The Morgan fingerprint density at radius 2 is 0.750 bits per heavy atom. The molecule has 0 aliphatic heterocycles. The molecule has 0 bridgehead atoms. The van der Waals surface area contributed by atoms with Crippen LogP contribution in [0.2, 0.25) is 0 Å². The van der Waals surface area contributed by atoms with E-state index < -0.39 is 0 Å². The largest absolute Gasteiger partial charge is 0.0985 e. The van der Waals surface area contributed by atoms with Crippen molar-refractivity contribution in [3.05, 3.63) is 173 Å². The zero-order chi connectivity index (χ0) is 27.1. The molecule has 0 heterocycles. The van der Waals surface area contributed by atoms with Gasteiger partial charge in [0.2, 0.25) is 0 Å². The molecular formula is C40H26. The molecule has 0 atom stereocenters. The summed E-state index contributed by atoms with van der Waals surface area (Å²) in [6.07, 6.45) is 6.10. The molecule has 0 saturated carbocycles. The maximum atomic E-state index is 3.81. The molecule has 0 unspecified atom stereocenters. The minimum atomic E-state index is 0.980. The van der Waals surface area contributed by atoms with Crippen LogP contribution >= 0.6 is 0 Å². The minimum absolute atomic E-state index is 0.980. The van der Waals surface area contributed by atoms with Crippen LogP contribution in [0.25, 0.3) is 39.8 Å². The van der Waals surface area contributed by atoms with Gasteiger partial charge >= 0.3 is 0 Å². The van der Waals surface area contributed by atoms with Crippen LogP contribution in [0.15, 0.2) is 134 Å². The predicted molar refractivity (Wildman–Crippen MR) is 172 cm³/mol. The summed E-state index contributed by atoms with van der Waals surface area (Å²) >= 11 is 0. The van der Waals surface area contributed by atoms with Gasteiger partial charge in [0.15, 0.2) is 0 Å². The maximum Gasteiger partial charge on any atom is 0.0406 e. The molecular weight excluding hydrogens is 480 g/mol. The highest BCUT2D eigenvalue weighted by Crippen LogP contribution is 2.32. The van der Waals surface area contributed by atoms with Crippen molar-refractivity contribution in [1.82, 2.24) is 0 Å². The number of hydrogen-bond acceptors (Lipinski definition) is 0. The Bertz CT molecular complexity index is 1920. The quantitative estimate of drug-likeness (QED) is 0.127. The number of rotatable bonds is 3. The van der Waals surface area contributed by atoms with Crippen molar-refractivity contribution in [2.75, 3.05) is 0 Å².